The van der Waals surface area contributed by atoms with E-state index < -0.39 is 35.4 Å². The summed E-state index contributed by atoms with van der Waals surface area (Å²) in [6.07, 6.45) is -4.99. The largest absolute Gasteiger partial charge is 0.573 e. The number of imide groups is 1. The molecule has 0 saturated carbocycles. The van der Waals surface area contributed by atoms with Crippen molar-refractivity contribution in [3.05, 3.63) is 65.2 Å². The lowest BCUT2D eigenvalue weighted by Gasteiger charge is -2.17. The van der Waals surface area contributed by atoms with E-state index >= 15 is 0 Å². The highest BCUT2D eigenvalue weighted by Crippen LogP contribution is 2.27. The number of hydrogen-bond donors (Lipinski definition) is 1. The Kier molecular flexibility index (Phi) is 3.91. The summed E-state index contributed by atoms with van der Waals surface area (Å²) >= 11 is 0. The van der Waals surface area contributed by atoms with Crippen LogP contribution >= 0.6 is 0 Å². The maximum Gasteiger partial charge on any atom is 0.573 e. The number of hydrogen-bond acceptors (Lipinski definition) is 4. The number of amides is 3. The number of rotatable bonds is 3. The summed E-state index contributed by atoms with van der Waals surface area (Å²) in [5, 5.41) is 0.456. The second kappa shape index (κ2) is 5.93. The summed E-state index contributed by atoms with van der Waals surface area (Å²) < 4.78 is 41.0. The SMILES string of the molecule is O=C(NN1C(=O)c2ccccc2C1=O)c1ccccc1OC(F)(F)F. The van der Waals surface area contributed by atoms with Crippen molar-refractivity contribution < 1.29 is 32.3 Å². The van der Waals surface area contributed by atoms with Crippen molar-refractivity contribution in [2.75, 3.05) is 0 Å². The predicted molar refractivity (Wildman–Crippen MR) is 77.5 cm³/mol. The van der Waals surface area contributed by atoms with Crippen molar-refractivity contribution in [3.8, 4) is 5.75 Å². The van der Waals surface area contributed by atoms with Crippen LogP contribution in [0.5, 0.6) is 5.75 Å². The van der Waals surface area contributed by atoms with E-state index in [-0.39, 0.29) is 11.1 Å². The highest BCUT2D eigenvalue weighted by molar-refractivity contribution is 6.22. The van der Waals surface area contributed by atoms with Gasteiger partial charge in [-0.1, -0.05) is 24.3 Å². The van der Waals surface area contributed by atoms with Gasteiger partial charge in [-0.2, -0.15) is 5.01 Å². The van der Waals surface area contributed by atoms with Crippen molar-refractivity contribution in [2.24, 2.45) is 0 Å². The molecule has 0 spiro atoms. The number of carbonyl (C=O) groups excluding carboxylic acids is 3. The second-order valence-electron chi connectivity index (χ2n) is 4.98. The van der Waals surface area contributed by atoms with Crippen molar-refractivity contribution in [1.82, 2.24) is 10.4 Å². The number of nitrogens with one attached hydrogen (secondary N) is 1. The molecular formula is C16H9F3N2O4. The predicted octanol–water partition coefficient (Wildman–Crippen LogP) is 2.53. The average molecular weight is 350 g/mol. The molecule has 1 aliphatic heterocycles. The van der Waals surface area contributed by atoms with Crippen molar-refractivity contribution in [1.29, 1.82) is 0 Å². The molecule has 128 valence electrons. The molecule has 0 aliphatic carbocycles. The lowest BCUT2D eigenvalue weighted by Crippen LogP contribution is -2.46. The Hall–Kier alpha value is -3.36. The molecule has 6 nitrogen and oxygen atoms in total. The minimum Gasteiger partial charge on any atom is -0.405 e. The van der Waals surface area contributed by atoms with Gasteiger partial charge in [0.1, 0.15) is 5.75 Å². The van der Waals surface area contributed by atoms with Gasteiger partial charge < -0.3 is 4.74 Å². The van der Waals surface area contributed by atoms with Gasteiger partial charge in [0.2, 0.25) is 0 Å². The molecule has 2 aromatic carbocycles. The summed E-state index contributed by atoms with van der Waals surface area (Å²) in [5.74, 6) is -3.38. The van der Waals surface area contributed by atoms with E-state index in [1.165, 1.54) is 24.3 Å². The van der Waals surface area contributed by atoms with Gasteiger partial charge >= 0.3 is 6.36 Å². The number of hydrazine groups is 1. The lowest BCUT2D eigenvalue weighted by molar-refractivity contribution is -0.274. The van der Waals surface area contributed by atoms with Crippen LogP contribution < -0.4 is 10.2 Å². The van der Waals surface area contributed by atoms with Crippen LogP contribution in [0.2, 0.25) is 0 Å². The Bertz CT molecular complexity index is 845. The van der Waals surface area contributed by atoms with Crippen LogP contribution in [0.25, 0.3) is 0 Å². The lowest BCUT2D eigenvalue weighted by atomic mass is 10.1. The smallest absolute Gasteiger partial charge is 0.405 e. The molecule has 0 atom stereocenters. The first-order valence-corrected chi connectivity index (χ1v) is 6.91. The van der Waals surface area contributed by atoms with Crippen molar-refractivity contribution >= 4 is 17.7 Å². The zero-order chi connectivity index (χ0) is 18.2. The molecule has 25 heavy (non-hydrogen) atoms. The first kappa shape index (κ1) is 16.5. The molecular weight excluding hydrogens is 341 g/mol. The summed E-state index contributed by atoms with van der Waals surface area (Å²) in [7, 11) is 0. The molecule has 0 saturated heterocycles. The van der Waals surface area contributed by atoms with E-state index in [1.54, 1.807) is 12.1 Å². The number of ether oxygens (including phenoxy) is 1. The molecule has 3 rings (SSSR count). The van der Waals surface area contributed by atoms with E-state index in [9.17, 15) is 27.6 Å². The van der Waals surface area contributed by atoms with Crippen LogP contribution in [0.4, 0.5) is 13.2 Å². The minimum absolute atomic E-state index is 0.0904. The van der Waals surface area contributed by atoms with Gasteiger partial charge in [0, 0.05) is 0 Å². The number of carbonyl (C=O) groups is 3. The fourth-order valence-corrected chi connectivity index (χ4v) is 2.32. The highest BCUT2D eigenvalue weighted by atomic mass is 19.4. The molecule has 2 aromatic rings. The molecule has 0 fully saturated rings. The number of alkyl halides is 3. The third-order valence-electron chi connectivity index (χ3n) is 3.36. The Morgan fingerprint density at radius 2 is 1.44 bits per heavy atom. The van der Waals surface area contributed by atoms with Crippen LogP contribution in [0, 0.1) is 0 Å². The number of fused-ring (bicyclic) bond motifs is 1. The van der Waals surface area contributed by atoms with Gasteiger partial charge in [0.05, 0.1) is 16.7 Å². The molecule has 0 aromatic heterocycles. The third kappa shape index (κ3) is 3.16. The third-order valence-corrected chi connectivity index (χ3v) is 3.36. The van der Waals surface area contributed by atoms with E-state index in [1.807, 2.05) is 5.43 Å². The molecule has 0 radical (unpaired) electrons. The maximum absolute atomic E-state index is 12.4. The zero-order valence-electron chi connectivity index (χ0n) is 12.3. The van der Waals surface area contributed by atoms with Crippen LogP contribution in [0.15, 0.2) is 48.5 Å². The van der Waals surface area contributed by atoms with Crippen LogP contribution in [0.3, 0.4) is 0 Å². The van der Waals surface area contributed by atoms with Gasteiger partial charge in [-0.15, -0.1) is 13.2 Å². The standard InChI is InChI=1S/C16H9F3N2O4/c17-16(18,19)25-12-8-4-3-7-11(12)13(22)20-21-14(23)9-5-1-2-6-10(9)15(21)24/h1-8H,(H,20,22). The van der Waals surface area contributed by atoms with Gasteiger partial charge in [-0.3, -0.25) is 19.8 Å². The molecule has 1 N–H and O–H groups in total. The molecule has 0 bridgehead atoms. The normalized spacial score (nSPS) is 13.6. The number of benzene rings is 2. The minimum atomic E-state index is -4.99. The molecule has 3 amide bonds. The van der Waals surface area contributed by atoms with E-state index in [0.717, 1.165) is 12.1 Å². The number of halogens is 3. The number of nitrogens with zero attached hydrogens (tertiary/aromatic N) is 1. The average Bonchev–Trinajstić information content (AvgIpc) is 2.79. The summed E-state index contributed by atoms with van der Waals surface area (Å²) in [5.41, 5.74) is 1.72. The zero-order valence-corrected chi connectivity index (χ0v) is 12.3. The molecule has 1 heterocycles. The Balaban J connectivity index is 1.85. The Morgan fingerprint density at radius 1 is 0.920 bits per heavy atom. The Morgan fingerprint density at radius 3 is 2.00 bits per heavy atom. The fourth-order valence-electron chi connectivity index (χ4n) is 2.32. The van der Waals surface area contributed by atoms with Crippen LogP contribution in [-0.2, 0) is 0 Å². The first-order chi connectivity index (χ1) is 11.8. The van der Waals surface area contributed by atoms with E-state index in [0.29, 0.717) is 5.01 Å². The quantitative estimate of drug-likeness (QED) is 0.863. The van der Waals surface area contributed by atoms with Gasteiger partial charge in [-0.05, 0) is 24.3 Å². The first-order valence-electron chi connectivity index (χ1n) is 6.91. The second-order valence-corrected chi connectivity index (χ2v) is 4.98. The fraction of sp³-hybridized carbons (Fsp3) is 0.0625. The van der Waals surface area contributed by atoms with Crippen molar-refractivity contribution in [3.63, 3.8) is 0 Å². The van der Waals surface area contributed by atoms with Gasteiger partial charge in [-0.25, -0.2) is 0 Å². The molecule has 0 unspecified atom stereocenters. The van der Waals surface area contributed by atoms with E-state index in [2.05, 4.69) is 4.74 Å². The number of para-hydroxylation sites is 1. The summed E-state index contributed by atoms with van der Waals surface area (Å²) in [6, 6.07) is 10.5. The van der Waals surface area contributed by atoms with Gasteiger partial charge in [0.15, 0.2) is 0 Å². The summed E-state index contributed by atoms with van der Waals surface area (Å²) in [6.45, 7) is 0. The van der Waals surface area contributed by atoms with Crippen LogP contribution in [0.1, 0.15) is 31.1 Å². The van der Waals surface area contributed by atoms with Gasteiger partial charge in [0.25, 0.3) is 17.7 Å². The maximum atomic E-state index is 12.4. The molecule has 1 aliphatic rings. The van der Waals surface area contributed by atoms with Crippen LogP contribution in [-0.4, -0.2) is 29.1 Å². The monoisotopic (exact) mass is 350 g/mol. The highest BCUT2D eigenvalue weighted by Gasteiger charge is 2.38. The molecule has 9 heteroatoms. The Labute approximate surface area is 138 Å². The van der Waals surface area contributed by atoms with E-state index in [4.69, 9.17) is 0 Å². The summed E-state index contributed by atoms with van der Waals surface area (Å²) in [4.78, 5) is 36.6. The topological polar surface area (TPSA) is 75.7 Å². The van der Waals surface area contributed by atoms with Crippen molar-refractivity contribution in [2.45, 2.75) is 6.36 Å².